The summed E-state index contributed by atoms with van der Waals surface area (Å²) in [6, 6.07) is 6.91. The summed E-state index contributed by atoms with van der Waals surface area (Å²) >= 11 is 0. The van der Waals surface area contributed by atoms with Gasteiger partial charge in [0, 0.05) is 13.2 Å². The van der Waals surface area contributed by atoms with Gasteiger partial charge in [0.1, 0.15) is 5.82 Å². The molecule has 0 aliphatic rings. The van der Waals surface area contributed by atoms with E-state index in [0.717, 1.165) is 44.7 Å². The van der Waals surface area contributed by atoms with E-state index in [0.29, 0.717) is 0 Å². The number of hydrogen-bond donors (Lipinski definition) is 1. The summed E-state index contributed by atoms with van der Waals surface area (Å²) in [6.07, 6.45) is 3.01. The first-order chi connectivity index (χ1) is 8.34. The number of rotatable bonds is 9. The first-order valence-electron chi connectivity index (χ1n) is 6.36. The standard InChI is InChI=1S/C14H22FNO/c1-2-3-11-17-12-10-16-9-8-13-6-4-5-7-14(13)15/h4-7,16H,2-3,8-12H2,1H3. The minimum atomic E-state index is -0.117. The van der Waals surface area contributed by atoms with E-state index >= 15 is 0 Å². The predicted molar refractivity (Wildman–Crippen MR) is 68.7 cm³/mol. The van der Waals surface area contributed by atoms with Crippen molar-refractivity contribution < 1.29 is 9.13 Å². The van der Waals surface area contributed by atoms with Crippen LogP contribution in [0.25, 0.3) is 0 Å². The fraction of sp³-hybridized carbons (Fsp3) is 0.571. The second kappa shape index (κ2) is 9.14. The van der Waals surface area contributed by atoms with Crippen molar-refractivity contribution in [1.29, 1.82) is 0 Å². The van der Waals surface area contributed by atoms with Gasteiger partial charge in [0.05, 0.1) is 6.61 Å². The molecule has 1 aromatic carbocycles. The topological polar surface area (TPSA) is 21.3 Å². The van der Waals surface area contributed by atoms with Gasteiger partial charge in [0.2, 0.25) is 0 Å². The van der Waals surface area contributed by atoms with Gasteiger partial charge in [-0.1, -0.05) is 31.5 Å². The second-order valence-corrected chi connectivity index (χ2v) is 4.06. The zero-order valence-corrected chi connectivity index (χ0v) is 10.5. The first kappa shape index (κ1) is 14.1. The Bertz CT molecular complexity index is 304. The van der Waals surface area contributed by atoms with E-state index in [1.165, 1.54) is 12.5 Å². The van der Waals surface area contributed by atoms with E-state index < -0.39 is 0 Å². The van der Waals surface area contributed by atoms with Gasteiger partial charge >= 0.3 is 0 Å². The molecule has 1 rings (SSSR count). The number of halogens is 1. The van der Waals surface area contributed by atoms with Crippen LogP contribution in [-0.2, 0) is 11.2 Å². The molecule has 0 heterocycles. The van der Waals surface area contributed by atoms with Gasteiger partial charge in [-0.05, 0) is 31.0 Å². The molecule has 17 heavy (non-hydrogen) atoms. The molecular weight excluding hydrogens is 217 g/mol. The molecule has 0 saturated heterocycles. The third-order valence-electron chi connectivity index (χ3n) is 2.59. The molecule has 0 aliphatic heterocycles. The van der Waals surface area contributed by atoms with Crippen LogP contribution in [0.5, 0.6) is 0 Å². The maximum Gasteiger partial charge on any atom is 0.126 e. The Kier molecular flexibility index (Phi) is 7.60. The molecule has 0 spiro atoms. The Morgan fingerprint density at radius 1 is 1.18 bits per heavy atom. The van der Waals surface area contributed by atoms with Crippen LogP contribution in [0, 0.1) is 5.82 Å². The van der Waals surface area contributed by atoms with E-state index in [2.05, 4.69) is 12.2 Å². The fourth-order valence-electron chi connectivity index (χ4n) is 1.54. The molecule has 0 fully saturated rings. The quantitative estimate of drug-likeness (QED) is 0.669. The number of ether oxygens (including phenoxy) is 1. The van der Waals surface area contributed by atoms with Gasteiger partial charge in [0.25, 0.3) is 0 Å². The van der Waals surface area contributed by atoms with Crippen LogP contribution in [0.1, 0.15) is 25.3 Å². The van der Waals surface area contributed by atoms with Gasteiger partial charge in [-0.3, -0.25) is 0 Å². The lowest BCUT2D eigenvalue weighted by Crippen LogP contribution is -2.22. The van der Waals surface area contributed by atoms with Crippen LogP contribution >= 0.6 is 0 Å². The molecule has 0 radical (unpaired) electrons. The molecule has 0 saturated carbocycles. The minimum Gasteiger partial charge on any atom is -0.380 e. The molecule has 0 atom stereocenters. The molecule has 1 aromatic rings. The molecular formula is C14H22FNO. The summed E-state index contributed by atoms with van der Waals surface area (Å²) in [4.78, 5) is 0. The molecule has 0 aromatic heterocycles. The lowest BCUT2D eigenvalue weighted by Gasteiger charge is -2.06. The summed E-state index contributed by atoms with van der Waals surface area (Å²) in [6.45, 7) is 5.34. The summed E-state index contributed by atoms with van der Waals surface area (Å²) in [7, 11) is 0. The monoisotopic (exact) mass is 239 g/mol. The number of hydrogen-bond acceptors (Lipinski definition) is 2. The summed E-state index contributed by atoms with van der Waals surface area (Å²) in [5.74, 6) is -0.117. The average Bonchev–Trinajstić information content (AvgIpc) is 2.35. The largest absolute Gasteiger partial charge is 0.380 e. The zero-order chi connectivity index (χ0) is 12.3. The SMILES string of the molecule is CCCCOCCNCCc1ccccc1F. The van der Waals surface area contributed by atoms with Gasteiger partial charge in [0.15, 0.2) is 0 Å². The Balaban J connectivity index is 1.99. The normalized spacial score (nSPS) is 10.7. The fourth-order valence-corrected chi connectivity index (χ4v) is 1.54. The lowest BCUT2D eigenvalue weighted by atomic mass is 10.1. The van der Waals surface area contributed by atoms with Crippen LogP contribution < -0.4 is 5.32 Å². The van der Waals surface area contributed by atoms with Crippen molar-refractivity contribution in [2.24, 2.45) is 0 Å². The predicted octanol–water partition coefficient (Wildman–Crippen LogP) is 2.77. The maximum atomic E-state index is 13.3. The van der Waals surface area contributed by atoms with Crippen LogP contribution in [0.4, 0.5) is 4.39 Å². The Labute approximate surface area is 103 Å². The first-order valence-corrected chi connectivity index (χ1v) is 6.36. The van der Waals surface area contributed by atoms with Crippen LogP contribution in [-0.4, -0.2) is 26.3 Å². The minimum absolute atomic E-state index is 0.117. The van der Waals surface area contributed by atoms with Gasteiger partial charge in [-0.15, -0.1) is 0 Å². The van der Waals surface area contributed by atoms with Crippen molar-refractivity contribution in [2.45, 2.75) is 26.2 Å². The van der Waals surface area contributed by atoms with Gasteiger partial charge < -0.3 is 10.1 Å². The number of nitrogens with one attached hydrogen (secondary N) is 1. The summed E-state index contributed by atoms with van der Waals surface area (Å²) in [5.41, 5.74) is 0.770. The van der Waals surface area contributed by atoms with Crippen LogP contribution in [0.2, 0.25) is 0 Å². The Morgan fingerprint density at radius 2 is 2.00 bits per heavy atom. The van der Waals surface area contributed by atoms with Gasteiger partial charge in [-0.25, -0.2) is 4.39 Å². The second-order valence-electron chi connectivity index (χ2n) is 4.06. The van der Waals surface area contributed by atoms with Crippen molar-refractivity contribution in [3.05, 3.63) is 35.6 Å². The smallest absolute Gasteiger partial charge is 0.126 e. The average molecular weight is 239 g/mol. The highest BCUT2D eigenvalue weighted by Gasteiger charge is 1.99. The zero-order valence-electron chi connectivity index (χ0n) is 10.5. The Hall–Kier alpha value is -0.930. The third kappa shape index (κ3) is 6.39. The maximum absolute atomic E-state index is 13.3. The van der Waals surface area contributed by atoms with E-state index in [9.17, 15) is 4.39 Å². The van der Waals surface area contributed by atoms with Crippen molar-refractivity contribution in [3.8, 4) is 0 Å². The van der Waals surface area contributed by atoms with Crippen LogP contribution in [0.15, 0.2) is 24.3 Å². The van der Waals surface area contributed by atoms with Gasteiger partial charge in [-0.2, -0.15) is 0 Å². The number of unbranched alkanes of at least 4 members (excludes halogenated alkanes) is 1. The molecule has 0 bridgehead atoms. The summed E-state index contributed by atoms with van der Waals surface area (Å²) in [5, 5.41) is 3.25. The molecule has 3 heteroatoms. The highest BCUT2D eigenvalue weighted by molar-refractivity contribution is 5.17. The van der Waals surface area contributed by atoms with E-state index in [1.54, 1.807) is 6.07 Å². The molecule has 0 aliphatic carbocycles. The molecule has 0 amide bonds. The highest BCUT2D eigenvalue weighted by atomic mass is 19.1. The van der Waals surface area contributed by atoms with Crippen LogP contribution in [0.3, 0.4) is 0 Å². The van der Waals surface area contributed by atoms with E-state index in [4.69, 9.17) is 4.74 Å². The molecule has 96 valence electrons. The third-order valence-corrected chi connectivity index (χ3v) is 2.59. The lowest BCUT2D eigenvalue weighted by molar-refractivity contribution is 0.133. The van der Waals surface area contributed by atoms with Crippen molar-refractivity contribution in [1.82, 2.24) is 5.32 Å². The Morgan fingerprint density at radius 3 is 2.76 bits per heavy atom. The number of benzene rings is 1. The highest BCUT2D eigenvalue weighted by Crippen LogP contribution is 2.05. The van der Waals surface area contributed by atoms with E-state index in [1.807, 2.05) is 12.1 Å². The van der Waals surface area contributed by atoms with E-state index in [-0.39, 0.29) is 5.82 Å². The van der Waals surface area contributed by atoms with Crippen molar-refractivity contribution in [2.75, 3.05) is 26.3 Å². The van der Waals surface area contributed by atoms with Crippen molar-refractivity contribution in [3.63, 3.8) is 0 Å². The summed E-state index contributed by atoms with van der Waals surface area (Å²) < 4.78 is 18.7. The molecule has 1 N–H and O–H groups in total. The van der Waals surface area contributed by atoms with Crippen molar-refractivity contribution >= 4 is 0 Å². The molecule has 0 unspecified atom stereocenters. The molecule has 2 nitrogen and oxygen atoms in total.